The zero-order chi connectivity index (χ0) is 14.9. The van der Waals surface area contributed by atoms with Crippen molar-refractivity contribution in [3.8, 4) is 0 Å². The second-order valence-electron chi connectivity index (χ2n) is 6.88. The summed E-state index contributed by atoms with van der Waals surface area (Å²) < 4.78 is 11.8. The van der Waals surface area contributed by atoms with E-state index in [1.54, 1.807) is 7.11 Å². The molecule has 0 saturated heterocycles. The molecule has 112 valence electrons. The third-order valence-corrected chi connectivity index (χ3v) is 4.84. The predicted octanol–water partition coefficient (Wildman–Crippen LogP) is 4.03. The van der Waals surface area contributed by atoms with Crippen LogP contribution in [0.15, 0.2) is 23.2 Å². The fourth-order valence-electron chi connectivity index (χ4n) is 3.00. The van der Waals surface area contributed by atoms with Crippen LogP contribution in [0.1, 0.15) is 32.6 Å². The number of fused-ring (bicyclic) bond motifs is 1. The van der Waals surface area contributed by atoms with Crippen LogP contribution < -0.4 is 0 Å². The lowest BCUT2D eigenvalue weighted by atomic mass is 9.85. The summed E-state index contributed by atoms with van der Waals surface area (Å²) in [4.78, 5) is 12.2. The fourth-order valence-corrected chi connectivity index (χ4v) is 3.91. The van der Waals surface area contributed by atoms with Crippen molar-refractivity contribution in [2.24, 2.45) is 11.8 Å². The lowest BCUT2D eigenvalue weighted by molar-refractivity contribution is -0.123. The number of allylic oxidation sites excluding steroid dienone is 3. The number of Topliss-reactive ketones (excluding diaryl/α,β-unsaturated/α-hetero) is 1. The van der Waals surface area contributed by atoms with Crippen LogP contribution in [0.4, 0.5) is 0 Å². The second kappa shape index (κ2) is 5.76. The molecular weight excluding hydrogens is 268 g/mol. The number of ketones is 1. The van der Waals surface area contributed by atoms with Gasteiger partial charge in [0.15, 0.2) is 5.76 Å². The number of ether oxygens (including phenoxy) is 1. The Balaban J connectivity index is 2.27. The van der Waals surface area contributed by atoms with Crippen LogP contribution in [0.2, 0.25) is 19.6 Å². The zero-order valence-electron chi connectivity index (χ0n) is 13.3. The van der Waals surface area contributed by atoms with Crippen LogP contribution in [0, 0.1) is 11.8 Å². The molecule has 0 fully saturated rings. The number of hydrogen-bond acceptors (Lipinski definition) is 3. The Morgan fingerprint density at radius 2 is 1.95 bits per heavy atom. The second-order valence-corrected chi connectivity index (χ2v) is 11.3. The van der Waals surface area contributed by atoms with E-state index < -0.39 is 8.32 Å². The highest BCUT2D eigenvalue weighted by Gasteiger charge is 2.36. The topological polar surface area (TPSA) is 35.5 Å². The number of rotatable bonds is 3. The molecule has 0 saturated carbocycles. The molecular formula is C16H26O3Si. The first kappa shape index (κ1) is 15.4. The van der Waals surface area contributed by atoms with Gasteiger partial charge in [0.25, 0.3) is 0 Å². The summed E-state index contributed by atoms with van der Waals surface area (Å²) in [5.41, 5.74) is 1.20. The maximum atomic E-state index is 12.2. The van der Waals surface area contributed by atoms with Gasteiger partial charge in [0, 0.05) is 24.7 Å². The third kappa shape index (κ3) is 3.34. The highest BCUT2D eigenvalue weighted by molar-refractivity contribution is 6.70. The summed E-state index contributed by atoms with van der Waals surface area (Å²) in [6.07, 6.45) is 5.59. The molecule has 0 aromatic carbocycles. The molecule has 2 aliphatic carbocycles. The minimum Gasteiger partial charge on any atom is -0.545 e. The standard InChI is InChI=1S/C16H26O3Si/c1-11-7-6-8-13-12(9-14(11)17)10-15(16(13)18-2)19-20(3,4)5/h8,11-12H,6-7,9-10H2,1-5H3/b13-8+. The van der Waals surface area contributed by atoms with Crippen molar-refractivity contribution in [1.29, 1.82) is 0 Å². The molecule has 0 aromatic rings. The Kier molecular flexibility index (Phi) is 4.42. The van der Waals surface area contributed by atoms with Gasteiger partial charge in [-0.3, -0.25) is 4.79 Å². The highest BCUT2D eigenvalue weighted by Crippen LogP contribution is 2.42. The summed E-state index contributed by atoms with van der Waals surface area (Å²) >= 11 is 0. The molecule has 0 aromatic heterocycles. The Hall–Kier alpha value is -1.03. The SMILES string of the molecule is COC1=C(O[Si](C)(C)C)CC2CC(=O)C(C)CC/C=C/12. The number of hydrogen-bond donors (Lipinski definition) is 0. The third-order valence-electron chi connectivity index (χ3n) is 3.98. The highest BCUT2D eigenvalue weighted by atomic mass is 28.4. The predicted molar refractivity (Wildman–Crippen MR) is 82.7 cm³/mol. The van der Waals surface area contributed by atoms with E-state index in [1.807, 2.05) is 6.92 Å². The van der Waals surface area contributed by atoms with Crippen molar-refractivity contribution >= 4 is 14.1 Å². The van der Waals surface area contributed by atoms with Crippen LogP contribution >= 0.6 is 0 Å². The molecule has 2 aliphatic rings. The van der Waals surface area contributed by atoms with E-state index in [4.69, 9.17) is 9.16 Å². The van der Waals surface area contributed by atoms with Gasteiger partial charge in [0.1, 0.15) is 11.5 Å². The summed E-state index contributed by atoms with van der Waals surface area (Å²) in [7, 11) is 0.0534. The smallest absolute Gasteiger partial charge is 0.241 e. The Bertz CT molecular complexity index is 457. The quantitative estimate of drug-likeness (QED) is 0.737. The van der Waals surface area contributed by atoms with E-state index in [1.165, 1.54) is 5.57 Å². The van der Waals surface area contributed by atoms with Gasteiger partial charge in [-0.25, -0.2) is 0 Å². The molecule has 0 N–H and O–H groups in total. The molecule has 0 heterocycles. The molecule has 20 heavy (non-hydrogen) atoms. The molecule has 2 rings (SSSR count). The monoisotopic (exact) mass is 294 g/mol. The molecule has 0 amide bonds. The first-order valence-corrected chi connectivity index (χ1v) is 10.9. The first-order valence-electron chi connectivity index (χ1n) is 7.51. The Morgan fingerprint density at radius 1 is 1.25 bits per heavy atom. The van der Waals surface area contributed by atoms with Gasteiger partial charge in [-0.15, -0.1) is 0 Å². The minimum atomic E-state index is -1.65. The molecule has 4 heteroatoms. The number of carbonyl (C=O) groups is 1. The summed E-state index contributed by atoms with van der Waals surface area (Å²) in [6.45, 7) is 8.57. The maximum Gasteiger partial charge on any atom is 0.241 e. The Morgan fingerprint density at radius 3 is 2.55 bits per heavy atom. The largest absolute Gasteiger partial charge is 0.545 e. The van der Waals surface area contributed by atoms with Gasteiger partial charge in [-0.1, -0.05) is 13.0 Å². The molecule has 0 radical (unpaired) electrons. The van der Waals surface area contributed by atoms with E-state index in [0.29, 0.717) is 12.2 Å². The molecule has 2 unspecified atom stereocenters. The maximum absolute atomic E-state index is 12.2. The van der Waals surface area contributed by atoms with Crippen LogP contribution in [-0.4, -0.2) is 21.2 Å². The van der Waals surface area contributed by atoms with Crippen LogP contribution in [-0.2, 0) is 14.0 Å². The van der Waals surface area contributed by atoms with Crippen molar-refractivity contribution in [2.45, 2.75) is 52.2 Å². The van der Waals surface area contributed by atoms with Crippen molar-refractivity contribution in [3.05, 3.63) is 23.2 Å². The summed E-state index contributed by atoms with van der Waals surface area (Å²) in [5.74, 6) is 2.67. The average molecular weight is 294 g/mol. The van der Waals surface area contributed by atoms with E-state index in [2.05, 4.69) is 25.7 Å². The van der Waals surface area contributed by atoms with Crippen LogP contribution in [0.5, 0.6) is 0 Å². The van der Waals surface area contributed by atoms with Crippen molar-refractivity contribution in [1.82, 2.24) is 0 Å². The number of methoxy groups -OCH3 is 1. The minimum absolute atomic E-state index is 0.181. The van der Waals surface area contributed by atoms with Gasteiger partial charge < -0.3 is 9.16 Å². The van der Waals surface area contributed by atoms with Gasteiger partial charge >= 0.3 is 0 Å². The molecule has 0 aliphatic heterocycles. The molecule has 0 spiro atoms. The van der Waals surface area contributed by atoms with Crippen molar-refractivity contribution in [3.63, 3.8) is 0 Å². The average Bonchev–Trinajstić information content (AvgIpc) is 2.62. The zero-order valence-corrected chi connectivity index (χ0v) is 14.3. The van der Waals surface area contributed by atoms with Crippen LogP contribution in [0.3, 0.4) is 0 Å². The molecule has 3 nitrogen and oxygen atoms in total. The van der Waals surface area contributed by atoms with E-state index in [-0.39, 0.29) is 11.8 Å². The van der Waals surface area contributed by atoms with Crippen molar-refractivity contribution < 1.29 is 14.0 Å². The lowest BCUT2D eigenvalue weighted by Crippen LogP contribution is -2.25. The van der Waals surface area contributed by atoms with E-state index >= 15 is 0 Å². The molecule has 0 bridgehead atoms. The van der Waals surface area contributed by atoms with Crippen LogP contribution in [0.25, 0.3) is 0 Å². The van der Waals surface area contributed by atoms with Gasteiger partial charge in [-0.2, -0.15) is 0 Å². The Labute approximate surface area is 123 Å². The van der Waals surface area contributed by atoms with E-state index in [9.17, 15) is 4.79 Å². The fraction of sp³-hybridized carbons (Fsp3) is 0.688. The van der Waals surface area contributed by atoms with E-state index in [0.717, 1.165) is 30.8 Å². The summed E-state index contributed by atoms with van der Waals surface area (Å²) in [5, 5.41) is 0. The van der Waals surface area contributed by atoms with Gasteiger partial charge in [0.05, 0.1) is 7.11 Å². The normalized spacial score (nSPS) is 30.2. The van der Waals surface area contributed by atoms with Crippen molar-refractivity contribution in [2.75, 3.05) is 7.11 Å². The lowest BCUT2D eigenvalue weighted by Gasteiger charge is -2.21. The van der Waals surface area contributed by atoms with Gasteiger partial charge in [0.2, 0.25) is 8.32 Å². The van der Waals surface area contributed by atoms with Gasteiger partial charge in [-0.05, 0) is 38.1 Å². The number of carbonyl (C=O) groups excluding carboxylic acids is 1. The first-order chi connectivity index (χ1) is 9.31. The molecule has 2 atom stereocenters. The summed E-state index contributed by atoms with van der Waals surface area (Å²) in [6, 6.07) is 0.